The smallest absolute Gasteiger partial charge is 0.251 e. The van der Waals surface area contributed by atoms with Crippen LogP contribution in [0.3, 0.4) is 0 Å². The van der Waals surface area contributed by atoms with Crippen molar-refractivity contribution in [1.82, 2.24) is 10.6 Å². The number of nitrogens with zero attached hydrogens (tertiary/aromatic N) is 1. The Hall–Kier alpha value is -1.55. The monoisotopic (exact) mass is 436 g/mol. The van der Waals surface area contributed by atoms with E-state index in [1.54, 1.807) is 38.5 Å². The fraction of sp³-hybridized carbons (Fsp3) is 0.467. The number of carbonyl (C=O) groups excluding carboxylic acids is 1. The minimum absolute atomic E-state index is 0. The number of guanidine groups is 1. The van der Waals surface area contributed by atoms with Crippen LogP contribution in [0, 0.1) is 0 Å². The number of methoxy groups -OCH3 is 2. The van der Waals surface area contributed by atoms with E-state index >= 15 is 0 Å². The van der Waals surface area contributed by atoms with Crippen molar-refractivity contribution >= 4 is 35.8 Å². The lowest BCUT2D eigenvalue weighted by Gasteiger charge is -2.13. The molecule has 0 fully saturated rings. The van der Waals surface area contributed by atoms with Gasteiger partial charge in [0, 0.05) is 25.3 Å². The lowest BCUT2D eigenvalue weighted by Crippen LogP contribution is -2.41. The van der Waals surface area contributed by atoms with Crippen LogP contribution in [0.1, 0.15) is 17.3 Å². The predicted molar refractivity (Wildman–Crippen MR) is 102 cm³/mol. The third kappa shape index (κ3) is 8.60. The summed E-state index contributed by atoms with van der Waals surface area (Å²) in [6.07, 6.45) is 0. The standard InChI is InChI=1S/C15H24N4O3.HI/c1-11(10-21-2)19-15(16)18-9-8-17-14(20)12-4-6-13(22-3)7-5-12;/h4-7,11H,8-10H2,1-3H3,(H,17,20)(H3,16,18,19);1H. The summed E-state index contributed by atoms with van der Waals surface area (Å²) in [4.78, 5) is 16.0. The third-order valence-corrected chi connectivity index (χ3v) is 2.84. The topological polar surface area (TPSA) is 98.0 Å². The van der Waals surface area contributed by atoms with Crippen LogP contribution in [-0.2, 0) is 4.74 Å². The van der Waals surface area contributed by atoms with Crippen LogP contribution < -0.4 is 21.1 Å². The van der Waals surface area contributed by atoms with Crippen LogP contribution in [0.25, 0.3) is 0 Å². The van der Waals surface area contributed by atoms with Gasteiger partial charge in [-0.3, -0.25) is 9.79 Å². The molecule has 0 bridgehead atoms. The second-order valence-electron chi connectivity index (χ2n) is 4.75. The molecule has 1 rings (SSSR count). The summed E-state index contributed by atoms with van der Waals surface area (Å²) in [5.74, 6) is 0.894. The molecule has 0 aliphatic heterocycles. The summed E-state index contributed by atoms with van der Waals surface area (Å²) in [6, 6.07) is 6.99. The minimum Gasteiger partial charge on any atom is -0.497 e. The molecule has 8 heteroatoms. The molecule has 1 aromatic carbocycles. The van der Waals surface area contributed by atoms with Crippen LogP contribution in [0.15, 0.2) is 29.3 Å². The van der Waals surface area contributed by atoms with Gasteiger partial charge in [0.1, 0.15) is 5.75 Å². The van der Waals surface area contributed by atoms with E-state index in [-0.39, 0.29) is 35.9 Å². The fourth-order valence-corrected chi connectivity index (χ4v) is 1.78. The Kier molecular flexibility index (Phi) is 11.1. The Morgan fingerprint density at radius 3 is 2.52 bits per heavy atom. The largest absolute Gasteiger partial charge is 0.497 e. The molecule has 1 amide bonds. The van der Waals surface area contributed by atoms with Crippen molar-refractivity contribution < 1.29 is 14.3 Å². The molecule has 0 saturated heterocycles. The molecule has 1 atom stereocenters. The first-order chi connectivity index (χ1) is 10.6. The van der Waals surface area contributed by atoms with Crippen molar-refractivity contribution in [3.63, 3.8) is 0 Å². The highest BCUT2D eigenvalue weighted by atomic mass is 127. The molecule has 1 unspecified atom stereocenters. The third-order valence-electron chi connectivity index (χ3n) is 2.84. The molecule has 0 spiro atoms. The zero-order chi connectivity index (χ0) is 16.4. The second-order valence-corrected chi connectivity index (χ2v) is 4.75. The Labute approximate surface area is 154 Å². The van der Waals surface area contributed by atoms with Gasteiger partial charge in [0.25, 0.3) is 5.91 Å². The first-order valence-electron chi connectivity index (χ1n) is 7.04. The molecule has 1 aromatic rings. The summed E-state index contributed by atoms with van der Waals surface area (Å²) in [5, 5.41) is 5.76. The van der Waals surface area contributed by atoms with Gasteiger partial charge in [0.2, 0.25) is 0 Å². The quantitative estimate of drug-likeness (QED) is 0.244. The van der Waals surface area contributed by atoms with Crippen molar-refractivity contribution in [2.24, 2.45) is 10.7 Å². The molecule has 130 valence electrons. The lowest BCUT2D eigenvalue weighted by atomic mass is 10.2. The highest BCUT2D eigenvalue weighted by Crippen LogP contribution is 2.10. The van der Waals surface area contributed by atoms with Crippen LogP contribution in [0.4, 0.5) is 0 Å². The molecular formula is C15H25IN4O3. The van der Waals surface area contributed by atoms with E-state index in [9.17, 15) is 4.79 Å². The normalized spacial score (nSPS) is 12.0. The van der Waals surface area contributed by atoms with Gasteiger partial charge in [0.05, 0.1) is 20.3 Å². The Morgan fingerprint density at radius 1 is 1.30 bits per heavy atom. The van der Waals surface area contributed by atoms with E-state index in [2.05, 4.69) is 15.6 Å². The molecule has 23 heavy (non-hydrogen) atoms. The number of halogens is 1. The molecular weight excluding hydrogens is 411 g/mol. The van der Waals surface area contributed by atoms with Gasteiger partial charge in [0.15, 0.2) is 5.96 Å². The highest BCUT2D eigenvalue weighted by molar-refractivity contribution is 14.0. The number of hydrogen-bond acceptors (Lipinski definition) is 4. The maximum Gasteiger partial charge on any atom is 0.251 e. The van der Waals surface area contributed by atoms with Crippen LogP contribution >= 0.6 is 24.0 Å². The number of ether oxygens (including phenoxy) is 2. The lowest BCUT2D eigenvalue weighted by molar-refractivity contribution is 0.0955. The molecule has 0 aliphatic carbocycles. The zero-order valence-electron chi connectivity index (χ0n) is 13.7. The molecule has 4 N–H and O–H groups in total. The number of benzene rings is 1. The van der Waals surface area contributed by atoms with Gasteiger partial charge in [-0.05, 0) is 31.2 Å². The van der Waals surface area contributed by atoms with Gasteiger partial charge in [-0.1, -0.05) is 0 Å². The Balaban J connectivity index is 0.00000484. The van der Waals surface area contributed by atoms with Crippen molar-refractivity contribution in [3.8, 4) is 5.75 Å². The number of rotatable bonds is 8. The van der Waals surface area contributed by atoms with E-state index in [1.807, 2.05) is 6.92 Å². The van der Waals surface area contributed by atoms with E-state index in [0.29, 0.717) is 37.0 Å². The number of amides is 1. The van der Waals surface area contributed by atoms with Crippen LogP contribution in [-0.4, -0.2) is 51.8 Å². The van der Waals surface area contributed by atoms with Crippen molar-refractivity contribution in [3.05, 3.63) is 29.8 Å². The first kappa shape index (κ1) is 21.4. The Morgan fingerprint density at radius 2 is 1.96 bits per heavy atom. The SMILES string of the molecule is COCC(C)NC(N)=NCCNC(=O)c1ccc(OC)cc1.I. The molecule has 0 radical (unpaired) electrons. The second kappa shape index (κ2) is 11.9. The van der Waals surface area contributed by atoms with Crippen LogP contribution in [0.2, 0.25) is 0 Å². The maximum atomic E-state index is 11.9. The van der Waals surface area contributed by atoms with Gasteiger partial charge < -0.3 is 25.8 Å². The average Bonchev–Trinajstić information content (AvgIpc) is 2.51. The van der Waals surface area contributed by atoms with Crippen molar-refractivity contribution in [1.29, 1.82) is 0 Å². The van der Waals surface area contributed by atoms with E-state index < -0.39 is 0 Å². The van der Waals surface area contributed by atoms with E-state index in [1.165, 1.54) is 0 Å². The number of carbonyl (C=O) groups is 1. The van der Waals surface area contributed by atoms with Gasteiger partial charge in [-0.2, -0.15) is 0 Å². The number of aliphatic imine (C=N–C) groups is 1. The first-order valence-corrected chi connectivity index (χ1v) is 7.04. The molecule has 0 saturated carbocycles. The summed E-state index contributed by atoms with van der Waals surface area (Å²) < 4.78 is 10.0. The summed E-state index contributed by atoms with van der Waals surface area (Å²) in [6.45, 7) is 3.30. The van der Waals surface area contributed by atoms with Gasteiger partial charge in [-0.25, -0.2) is 0 Å². The van der Waals surface area contributed by atoms with Crippen LogP contribution in [0.5, 0.6) is 5.75 Å². The fourth-order valence-electron chi connectivity index (χ4n) is 1.78. The molecule has 0 aliphatic rings. The van der Waals surface area contributed by atoms with Gasteiger partial charge in [-0.15, -0.1) is 24.0 Å². The van der Waals surface area contributed by atoms with E-state index in [4.69, 9.17) is 15.2 Å². The molecule has 0 aromatic heterocycles. The molecule has 0 heterocycles. The summed E-state index contributed by atoms with van der Waals surface area (Å²) in [7, 11) is 3.21. The molecule has 7 nitrogen and oxygen atoms in total. The zero-order valence-corrected chi connectivity index (χ0v) is 16.0. The summed E-state index contributed by atoms with van der Waals surface area (Å²) in [5.41, 5.74) is 6.30. The minimum atomic E-state index is -0.155. The summed E-state index contributed by atoms with van der Waals surface area (Å²) >= 11 is 0. The van der Waals surface area contributed by atoms with Crippen molar-refractivity contribution in [2.75, 3.05) is 33.9 Å². The Bertz CT molecular complexity index is 494. The van der Waals surface area contributed by atoms with Gasteiger partial charge >= 0.3 is 0 Å². The maximum absolute atomic E-state index is 11.9. The van der Waals surface area contributed by atoms with Crippen molar-refractivity contribution in [2.45, 2.75) is 13.0 Å². The number of nitrogens with two attached hydrogens (primary N) is 1. The average molecular weight is 436 g/mol. The number of hydrogen-bond donors (Lipinski definition) is 3. The predicted octanol–water partition coefficient (Wildman–Crippen LogP) is 0.982. The highest BCUT2D eigenvalue weighted by Gasteiger charge is 2.05. The van der Waals surface area contributed by atoms with E-state index in [0.717, 1.165) is 0 Å². The number of nitrogens with one attached hydrogen (secondary N) is 2.